The van der Waals surface area contributed by atoms with Crippen LogP contribution in [0.5, 0.6) is 0 Å². The number of benzene rings is 2. The Bertz CT molecular complexity index is 1630. The van der Waals surface area contributed by atoms with Crippen LogP contribution >= 0.6 is 11.3 Å². The molecule has 226 valence electrons. The van der Waals surface area contributed by atoms with Crippen LogP contribution < -0.4 is 15.4 Å². The maximum absolute atomic E-state index is 13.3. The van der Waals surface area contributed by atoms with Crippen molar-refractivity contribution >= 4 is 48.7 Å². The second-order valence-electron chi connectivity index (χ2n) is 9.81. The molecule has 0 unspecified atom stereocenters. The number of amides is 1. The second kappa shape index (κ2) is 13.7. The minimum absolute atomic E-state index is 0.0228. The molecular weight excluding hydrogens is 603 g/mol. The summed E-state index contributed by atoms with van der Waals surface area (Å²) in [4.78, 5) is 23.6. The van der Waals surface area contributed by atoms with Crippen molar-refractivity contribution < 1.29 is 26.6 Å². The van der Waals surface area contributed by atoms with E-state index in [0.29, 0.717) is 43.0 Å². The lowest BCUT2D eigenvalue weighted by Gasteiger charge is -2.31. The molecule has 0 bridgehead atoms. The number of non-ortho nitro benzene ring substituents is 1. The first kappa shape index (κ1) is 31.6. The van der Waals surface area contributed by atoms with Gasteiger partial charge in [-0.3, -0.25) is 14.9 Å². The summed E-state index contributed by atoms with van der Waals surface area (Å²) in [7, 11) is -7.34. The number of sulfonamides is 2. The van der Waals surface area contributed by atoms with Gasteiger partial charge in [-0.15, -0.1) is 11.3 Å². The lowest BCUT2D eigenvalue weighted by Crippen LogP contribution is -2.42. The zero-order valence-corrected chi connectivity index (χ0v) is 25.4. The summed E-state index contributed by atoms with van der Waals surface area (Å²) < 4.78 is 55.9. The van der Waals surface area contributed by atoms with Gasteiger partial charge in [-0.05, 0) is 55.7 Å². The van der Waals surface area contributed by atoms with Crippen molar-refractivity contribution in [2.24, 2.45) is 0 Å². The van der Waals surface area contributed by atoms with Crippen LogP contribution in [-0.4, -0.2) is 57.6 Å². The minimum Gasteiger partial charge on any atom is -0.382 e. The van der Waals surface area contributed by atoms with Gasteiger partial charge in [0.05, 0.1) is 16.4 Å². The van der Waals surface area contributed by atoms with Crippen LogP contribution in [0.4, 0.5) is 11.4 Å². The van der Waals surface area contributed by atoms with E-state index < -0.39 is 30.9 Å². The van der Waals surface area contributed by atoms with Gasteiger partial charge in [0.15, 0.2) is 0 Å². The quantitative estimate of drug-likeness (QED) is 0.144. The van der Waals surface area contributed by atoms with E-state index in [4.69, 9.17) is 0 Å². The van der Waals surface area contributed by atoms with Crippen LogP contribution in [0.3, 0.4) is 0 Å². The zero-order valence-electron chi connectivity index (χ0n) is 23.0. The summed E-state index contributed by atoms with van der Waals surface area (Å²) in [6.07, 6.45) is 2.73. The Morgan fingerprint density at radius 3 is 2.50 bits per heavy atom. The summed E-state index contributed by atoms with van der Waals surface area (Å²) in [5, 5.41) is 17.0. The van der Waals surface area contributed by atoms with E-state index in [2.05, 4.69) is 15.4 Å². The number of carbonyl (C=O) groups excluding carboxylic acids is 1. The highest BCUT2D eigenvalue weighted by Gasteiger charge is 2.30. The SMILES string of the molecule is CCCCNS(=O)(=O)c1cccc(NC2CCN(S(=O)(=O)c3ccc(CNC(=O)c4cccc([N+](=O)[O-])c4)s3)CC2)c1. The van der Waals surface area contributed by atoms with Gasteiger partial charge in [-0.25, -0.2) is 21.6 Å². The molecule has 0 aliphatic carbocycles. The number of hydrogen-bond acceptors (Lipinski definition) is 9. The van der Waals surface area contributed by atoms with Gasteiger partial charge in [0.25, 0.3) is 21.6 Å². The molecule has 0 radical (unpaired) electrons. The van der Waals surface area contributed by atoms with Gasteiger partial charge >= 0.3 is 0 Å². The fraction of sp³-hybridized carbons (Fsp3) is 0.370. The number of carbonyl (C=O) groups is 1. The molecule has 42 heavy (non-hydrogen) atoms. The summed E-state index contributed by atoms with van der Waals surface area (Å²) in [5.74, 6) is -0.498. The highest BCUT2D eigenvalue weighted by molar-refractivity contribution is 7.91. The summed E-state index contributed by atoms with van der Waals surface area (Å²) in [5.41, 5.74) is 0.606. The van der Waals surface area contributed by atoms with E-state index in [0.717, 1.165) is 24.2 Å². The van der Waals surface area contributed by atoms with Crippen molar-refractivity contribution in [1.29, 1.82) is 0 Å². The number of rotatable bonds is 13. The van der Waals surface area contributed by atoms with E-state index in [1.807, 2.05) is 6.92 Å². The molecule has 3 aromatic rings. The van der Waals surface area contributed by atoms with E-state index in [1.54, 1.807) is 30.3 Å². The van der Waals surface area contributed by atoms with Gasteiger partial charge in [0.2, 0.25) is 10.0 Å². The Kier molecular flexibility index (Phi) is 10.3. The molecule has 2 aromatic carbocycles. The predicted octanol–water partition coefficient (Wildman–Crippen LogP) is 3.93. The summed E-state index contributed by atoms with van der Waals surface area (Å²) in [6.45, 7) is 3.04. The number of unbranched alkanes of at least 4 members (excludes halogenated alkanes) is 1. The maximum Gasteiger partial charge on any atom is 0.270 e. The molecule has 1 amide bonds. The minimum atomic E-state index is -3.73. The van der Waals surface area contributed by atoms with Crippen LogP contribution in [0.2, 0.25) is 0 Å². The molecule has 2 heterocycles. The first-order valence-electron chi connectivity index (χ1n) is 13.5. The molecule has 3 N–H and O–H groups in total. The lowest BCUT2D eigenvalue weighted by atomic mass is 10.1. The van der Waals surface area contributed by atoms with Gasteiger partial charge in [0, 0.05) is 53.9 Å². The number of nitro benzene ring substituents is 1. The third kappa shape index (κ3) is 7.92. The van der Waals surface area contributed by atoms with Crippen LogP contribution in [0.15, 0.2) is 69.8 Å². The second-order valence-corrected chi connectivity index (χ2v) is 14.9. The highest BCUT2D eigenvalue weighted by Crippen LogP contribution is 2.28. The lowest BCUT2D eigenvalue weighted by molar-refractivity contribution is -0.384. The number of nitrogens with one attached hydrogen (secondary N) is 3. The first-order valence-corrected chi connectivity index (χ1v) is 17.2. The highest BCUT2D eigenvalue weighted by atomic mass is 32.2. The van der Waals surface area contributed by atoms with Crippen LogP contribution in [0.25, 0.3) is 0 Å². The fourth-order valence-corrected chi connectivity index (χ4v) is 8.48. The van der Waals surface area contributed by atoms with Crippen molar-refractivity contribution in [3.8, 4) is 0 Å². The van der Waals surface area contributed by atoms with Crippen molar-refractivity contribution in [1.82, 2.24) is 14.3 Å². The van der Waals surface area contributed by atoms with Gasteiger partial charge in [-0.1, -0.05) is 25.5 Å². The number of piperidine rings is 1. The van der Waals surface area contributed by atoms with Crippen molar-refractivity contribution in [2.45, 2.75) is 54.3 Å². The molecule has 0 saturated carbocycles. The Morgan fingerprint density at radius 1 is 1.05 bits per heavy atom. The molecule has 1 aromatic heterocycles. The van der Waals surface area contributed by atoms with E-state index in [1.165, 1.54) is 34.6 Å². The largest absolute Gasteiger partial charge is 0.382 e. The number of nitrogens with zero attached hydrogens (tertiary/aromatic N) is 2. The molecule has 1 aliphatic rings. The monoisotopic (exact) mass is 635 g/mol. The Balaban J connectivity index is 1.31. The molecule has 1 saturated heterocycles. The Morgan fingerprint density at radius 2 is 1.79 bits per heavy atom. The average Bonchev–Trinajstić information content (AvgIpc) is 3.47. The van der Waals surface area contributed by atoms with E-state index >= 15 is 0 Å². The van der Waals surface area contributed by atoms with Gasteiger partial charge < -0.3 is 10.6 Å². The molecule has 4 rings (SSSR count). The molecule has 0 spiro atoms. The molecule has 15 heteroatoms. The smallest absolute Gasteiger partial charge is 0.270 e. The first-order chi connectivity index (χ1) is 20.0. The normalized spacial score (nSPS) is 14.9. The predicted molar refractivity (Wildman–Crippen MR) is 161 cm³/mol. The average molecular weight is 636 g/mol. The molecule has 1 fully saturated rings. The summed E-state index contributed by atoms with van der Waals surface area (Å²) in [6, 6.07) is 15.1. The molecule has 12 nitrogen and oxygen atoms in total. The van der Waals surface area contributed by atoms with Crippen LogP contribution in [0.1, 0.15) is 47.8 Å². The fourth-order valence-electron chi connectivity index (χ4n) is 4.45. The van der Waals surface area contributed by atoms with Crippen molar-refractivity contribution in [3.05, 3.63) is 81.2 Å². The van der Waals surface area contributed by atoms with Crippen molar-refractivity contribution in [2.75, 3.05) is 25.0 Å². The zero-order chi connectivity index (χ0) is 30.3. The summed E-state index contributed by atoms with van der Waals surface area (Å²) >= 11 is 1.06. The third-order valence-electron chi connectivity index (χ3n) is 6.76. The maximum atomic E-state index is 13.3. The number of hydrogen-bond donors (Lipinski definition) is 3. The Hall–Kier alpha value is -3.37. The van der Waals surface area contributed by atoms with E-state index in [-0.39, 0.29) is 32.9 Å². The standard InChI is InChI=1S/C27H33N5O7S3/c1-2-3-14-29-41(36,37)25-9-5-7-22(18-25)30-21-12-15-31(16-13-21)42(38,39)26-11-10-24(40-26)19-28-27(33)20-6-4-8-23(17-20)32(34)35/h4-11,17-18,21,29-30H,2-3,12-16,19H2,1H3,(H,28,33). The van der Waals surface area contributed by atoms with E-state index in [9.17, 15) is 31.7 Å². The molecular formula is C27H33N5O7S3. The van der Waals surface area contributed by atoms with Crippen LogP contribution in [-0.2, 0) is 26.6 Å². The molecule has 0 atom stereocenters. The number of nitro groups is 1. The topological polar surface area (TPSA) is 168 Å². The Labute approximate surface area is 249 Å². The molecule has 1 aliphatic heterocycles. The van der Waals surface area contributed by atoms with Gasteiger partial charge in [-0.2, -0.15) is 4.31 Å². The van der Waals surface area contributed by atoms with Crippen molar-refractivity contribution in [3.63, 3.8) is 0 Å². The number of thiophene rings is 1. The third-order valence-corrected chi connectivity index (χ3v) is 11.7. The van der Waals surface area contributed by atoms with Crippen LogP contribution in [0, 0.1) is 10.1 Å². The van der Waals surface area contributed by atoms with Gasteiger partial charge in [0.1, 0.15) is 4.21 Å². The number of anilines is 1.